The van der Waals surface area contributed by atoms with Gasteiger partial charge >= 0.3 is 0 Å². The van der Waals surface area contributed by atoms with E-state index in [1.165, 1.54) is 11.3 Å². The second-order valence-corrected chi connectivity index (χ2v) is 7.24. The molecule has 3 aromatic carbocycles. The minimum Gasteiger partial charge on any atom is -0.497 e. The number of carbonyl (C=O) groups is 1. The molecule has 28 heavy (non-hydrogen) atoms. The highest BCUT2D eigenvalue weighted by molar-refractivity contribution is 7.22. The van der Waals surface area contributed by atoms with Gasteiger partial charge in [-0.3, -0.25) is 9.59 Å². The first kappa shape index (κ1) is 17.9. The molecule has 0 saturated heterocycles. The van der Waals surface area contributed by atoms with Crippen molar-refractivity contribution in [3.8, 4) is 16.9 Å². The molecular formula is C23H17NO3S. The second-order valence-electron chi connectivity index (χ2n) is 6.18. The van der Waals surface area contributed by atoms with Crippen molar-refractivity contribution in [2.75, 3.05) is 12.4 Å². The number of hydrogen-bond acceptors (Lipinski definition) is 4. The van der Waals surface area contributed by atoms with E-state index < -0.39 is 0 Å². The van der Waals surface area contributed by atoms with Crippen molar-refractivity contribution in [3.05, 3.63) is 94.6 Å². The van der Waals surface area contributed by atoms with Gasteiger partial charge in [-0.1, -0.05) is 48.5 Å². The standard InChI is InChI=1S/C23H17NO3S/c1-27-17-11-7-10-16(14-17)22(26)24-23-20(15-8-3-2-4-9-15)21(25)18-12-5-6-13-19(18)28-23/h2-14H,1H3,(H,24,26). The van der Waals surface area contributed by atoms with Crippen molar-refractivity contribution in [1.82, 2.24) is 0 Å². The number of anilines is 1. The fraction of sp³-hybridized carbons (Fsp3) is 0.0435. The normalized spacial score (nSPS) is 10.6. The zero-order chi connectivity index (χ0) is 19.5. The molecule has 5 heteroatoms. The highest BCUT2D eigenvalue weighted by Gasteiger charge is 2.17. The minimum absolute atomic E-state index is 0.0958. The van der Waals surface area contributed by atoms with Gasteiger partial charge in [-0.2, -0.15) is 0 Å². The van der Waals surface area contributed by atoms with E-state index in [0.717, 1.165) is 10.3 Å². The molecule has 1 amide bonds. The van der Waals surface area contributed by atoms with E-state index >= 15 is 0 Å². The van der Waals surface area contributed by atoms with Crippen LogP contribution >= 0.6 is 11.3 Å². The third kappa shape index (κ3) is 3.40. The third-order valence-electron chi connectivity index (χ3n) is 4.42. The molecule has 0 fully saturated rings. The Labute approximate surface area is 166 Å². The Hall–Kier alpha value is -3.44. The molecule has 138 valence electrons. The Bertz CT molecular complexity index is 1220. The van der Waals surface area contributed by atoms with E-state index in [0.29, 0.717) is 27.3 Å². The van der Waals surface area contributed by atoms with Gasteiger partial charge in [0.1, 0.15) is 10.8 Å². The molecule has 0 saturated carbocycles. The molecule has 4 aromatic rings. The van der Waals surface area contributed by atoms with Crippen molar-refractivity contribution in [2.45, 2.75) is 0 Å². The Kier molecular flexibility index (Phi) is 4.91. The predicted molar refractivity (Wildman–Crippen MR) is 114 cm³/mol. The Balaban J connectivity index is 1.85. The third-order valence-corrected chi connectivity index (χ3v) is 5.51. The summed E-state index contributed by atoms with van der Waals surface area (Å²) in [5.41, 5.74) is 1.64. The number of hydrogen-bond donors (Lipinski definition) is 1. The quantitative estimate of drug-likeness (QED) is 0.524. The molecule has 0 spiro atoms. The summed E-state index contributed by atoms with van der Waals surface area (Å²) in [5.74, 6) is 0.310. The summed E-state index contributed by atoms with van der Waals surface area (Å²) in [6.07, 6.45) is 0. The number of fused-ring (bicyclic) bond motifs is 1. The second kappa shape index (κ2) is 7.66. The zero-order valence-corrected chi connectivity index (χ0v) is 16.0. The van der Waals surface area contributed by atoms with Gasteiger partial charge in [0.25, 0.3) is 5.91 Å². The van der Waals surface area contributed by atoms with Gasteiger partial charge in [0.15, 0.2) is 5.43 Å². The summed E-state index contributed by atoms with van der Waals surface area (Å²) in [5, 5.41) is 4.11. The largest absolute Gasteiger partial charge is 0.497 e. The molecule has 0 aliphatic heterocycles. The van der Waals surface area contributed by atoms with Crippen molar-refractivity contribution >= 4 is 32.3 Å². The zero-order valence-electron chi connectivity index (χ0n) is 15.1. The average Bonchev–Trinajstić information content (AvgIpc) is 2.74. The average molecular weight is 387 g/mol. The molecule has 0 atom stereocenters. The van der Waals surface area contributed by atoms with Crippen LogP contribution in [0.5, 0.6) is 5.75 Å². The summed E-state index contributed by atoms with van der Waals surface area (Å²) >= 11 is 1.39. The summed E-state index contributed by atoms with van der Waals surface area (Å²) in [6.45, 7) is 0. The number of carbonyl (C=O) groups excluding carboxylic acids is 1. The van der Waals surface area contributed by atoms with Crippen LogP contribution in [-0.2, 0) is 0 Å². The minimum atomic E-state index is -0.290. The van der Waals surface area contributed by atoms with Crippen molar-refractivity contribution in [2.24, 2.45) is 0 Å². The molecular weight excluding hydrogens is 370 g/mol. The van der Waals surface area contributed by atoms with Gasteiger partial charge < -0.3 is 10.1 Å². The number of benzene rings is 3. The molecule has 0 radical (unpaired) electrons. The molecule has 1 heterocycles. The van der Waals surface area contributed by atoms with Crippen molar-refractivity contribution < 1.29 is 9.53 Å². The molecule has 4 nitrogen and oxygen atoms in total. The maximum Gasteiger partial charge on any atom is 0.256 e. The van der Waals surface area contributed by atoms with Gasteiger partial charge in [0.05, 0.1) is 12.7 Å². The van der Waals surface area contributed by atoms with Crippen LogP contribution in [0.15, 0.2) is 83.7 Å². The lowest BCUT2D eigenvalue weighted by Crippen LogP contribution is -2.15. The van der Waals surface area contributed by atoms with E-state index in [2.05, 4.69) is 5.32 Å². The predicted octanol–water partition coefficient (Wildman–Crippen LogP) is 5.19. The number of rotatable bonds is 4. The molecule has 4 rings (SSSR count). The molecule has 0 aliphatic carbocycles. The lowest BCUT2D eigenvalue weighted by Gasteiger charge is -2.12. The summed E-state index contributed by atoms with van der Waals surface area (Å²) in [4.78, 5) is 26.1. The molecule has 0 bridgehead atoms. The monoisotopic (exact) mass is 387 g/mol. The smallest absolute Gasteiger partial charge is 0.256 e. The maximum atomic E-state index is 13.2. The van der Waals surface area contributed by atoms with Gasteiger partial charge in [-0.05, 0) is 35.9 Å². The maximum absolute atomic E-state index is 13.2. The van der Waals surface area contributed by atoms with Crippen LogP contribution in [0, 0.1) is 0 Å². The van der Waals surface area contributed by atoms with Gasteiger partial charge in [0, 0.05) is 15.6 Å². The summed E-state index contributed by atoms with van der Waals surface area (Å²) < 4.78 is 6.02. The van der Waals surface area contributed by atoms with Gasteiger partial charge in [-0.15, -0.1) is 11.3 Å². The fourth-order valence-corrected chi connectivity index (χ4v) is 4.13. The molecule has 1 N–H and O–H groups in total. The van der Waals surface area contributed by atoms with E-state index in [1.807, 2.05) is 54.6 Å². The van der Waals surface area contributed by atoms with Crippen molar-refractivity contribution in [3.63, 3.8) is 0 Å². The Morgan fingerprint density at radius 3 is 2.46 bits per heavy atom. The lowest BCUT2D eigenvalue weighted by molar-refractivity contribution is 0.102. The lowest BCUT2D eigenvalue weighted by atomic mass is 10.1. The van der Waals surface area contributed by atoms with Crippen LogP contribution in [0.2, 0.25) is 0 Å². The molecule has 1 aromatic heterocycles. The van der Waals surface area contributed by atoms with Crippen LogP contribution in [0.25, 0.3) is 21.2 Å². The van der Waals surface area contributed by atoms with Gasteiger partial charge in [-0.25, -0.2) is 0 Å². The van der Waals surface area contributed by atoms with Gasteiger partial charge in [0.2, 0.25) is 0 Å². The van der Waals surface area contributed by atoms with E-state index in [9.17, 15) is 9.59 Å². The summed E-state index contributed by atoms with van der Waals surface area (Å²) in [7, 11) is 1.56. The van der Waals surface area contributed by atoms with Crippen LogP contribution in [0.1, 0.15) is 10.4 Å². The number of amides is 1. The van der Waals surface area contributed by atoms with E-state index in [4.69, 9.17) is 4.74 Å². The summed E-state index contributed by atoms with van der Waals surface area (Å²) in [6, 6.07) is 23.7. The van der Waals surface area contributed by atoms with E-state index in [-0.39, 0.29) is 11.3 Å². The van der Waals surface area contributed by atoms with Crippen LogP contribution in [0.4, 0.5) is 5.00 Å². The number of methoxy groups -OCH3 is 1. The molecule has 0 unspecified atom stereocenters. The SMILES string of the molecule is COc1cccc(C(=O)Nc2sc3ccccc3c(=O)c2-c2ccccc2)c1. The highest BCUT2D eigenvalue weighted by Crippen LogP contribution is 2.33. The highest BCUT2D eigenvalue weighted by atomic mass is 32.1. The van der Waals surface area contributed by atoms with Crippen molar-refractivity contribution in [1.29, 1.82) is 0 Å². The number of nitrogens with one attached hydrogen (secondary N) is 1. The first-order valence-electron chi connectivity index (χ1n) is 8.74. The van der Waals surface area contributed by atoms with Crippen LogP contribution in [-0.4, -0.2) is 13.0 Å². The van der Waals surface area contributed by atoms with Crippen LogP contribution < -0.4 is 15.5 Å². The Morgan fingerprint density at radius 1 is 0.929 bits per heavy atom. The first-order valence-corrected chi connectivity index (χ1v) is 9.55. The topological polar surface area (TPSA) is 55.4 Å². The first-order chi connectivity index (χ1) is 13.7. The fourth-order valence-electron chi connectivity index (χ4n) is 3.04. The van der Waals surface area contributed by atoms with E-state index in [1.54, 1.807) is 31.4 Å². The van der Waals surface area contributed by atoms with Crippen LogP contribution in [0.3, 0.4) is 0 Å². The Morgan fingerprint density at radius 2 is 1.68 bits per heavy atom. The number of ether oxygens (including phenoxy) is 1. The molecule has 0 aliphatic rings.